The normalized spacial score (nSPS) is 24.8. The number of carbonyl (C=O) groups is 1. The molecule has 2 aliphatic heterocycles. The van der Waals surface area contributed by atoms with Crippen LogP contribution in [-0.2, 0) is 9.53 Å². The van der Waals surface area contributed by atoms with E-state index in [1.165, 1.54) is 0 Å². The average molecular weight is 228 g/mol. The second-order valence-electron chi connectivity index (χ2n) is 4.84. The zero-order valence-electron chi connectivity index (χ0n) is 9.50. The summed E-state index contributed by atoms with van der Waals surface area (Å²) in [5.74, 6) is 0.524. The third-order valence-corrected chi connectivity index (χ3v) is 3.38. The van der Waals surface area contributed by atoms with Gasteiger partial charge in [0.05, 0.1) is 5.60 Å². The topological polar surface area (TPSA) is 70.6 Å². The van der Waals surface area contributed by atoms with Crippen molar-refractivity contribution in [3.8, 4) is 0 Å². The Labute approximate surface area is 95.5 Å². The SMILES string of the molecule is O=C(CC1CNC1)NCC1(O)CCOCC1. The molecule has 2 aliphatic rings. The fourth-order valence-corrected chi connectivity index (χ4v) is 2.02. The lowest BCUT2D eigenvalue weighted by molar-refractivity contribution is -0.125. The van der Waals surface area contributed by atoms with Crippen LogP contribution < -0.4 is 10.6 Å². The molecule has 2 rings (SSSR count). The van der Waals surface area contributed by atoms with Crippen molar-refractivity contribution >= 4 is 5.91 Å². The summed E-state index contributed by atoms with van der Waals surface area (Å²) in [7, 11) is 0. The zero-order chi connectivity index (χ0) is 11.4. The first kappa shape index (κ1) is 11.8. The third kappa shape index (κ3) is 3.17. The van der Waals surface area contributed by atoms with Crippen LogP contribution in [0.15, 0.2) is 0 Å². The van der Waals surface area contributed by atoms with Crippen molar-refractivity contribution in [2.24, 2.45) is 5.92 Å². The summed E-state index contributed by atoms with van der Waals surface area (Å²) >= 11 is 0. The van der Waals surface area contributed by atoms with Gasteiger partial charge >= 0.3 is 0 Å². The molecule has 0 saturated carbocycles. The van der Waals surface area contributed by atoms with Crippen molar-refractivity contribution in [1.82, 2.24) is 10.6 Å². The molecule has 2 saturated heterocycles. The highest BCUT2D eigenvalue weighted by Gasteiger charge is 2.30. The Kier molecular flexibility index (Phi) is 3.78. The van der Waals surface area contributed by atoms with E-state index in [4.69, 9.17) is 4.74 Å². The van der Waals surface area contributed by atoms with E-state index in [1.807, 2.05) is 0 Å². The highest BCUT2D eigenvalue weighted by molar-refractivity contribution is 5.76. The molecule has 2 fully saturated rings. The van der Waals surface area contributed by atoms with Crippen LogP contribution in [0.3, 0.4) is 0 Å². The molecule has 5 nitrogen and oxygen atoms in total. The van der Waals surface area contributed by atoms with Gasteiger partial charge in [-0.05, 0) is 19.0 Å². The van der Waals surface area contributed by atoms with Crippen LogP contribution in [0.4, 0.5) is 0 Å². The van der Waals surface area contributed by atoms with Crippen molar-refractivity contribution < 1.29 is 14.6 Å². The smallest absolute Gasteiger partial charge is 0.220 e. The maximum atomic E-state index is 11.5. The Balaban J connectivity index is 1.66. The Hall–Kier alpha value is -0.650. The lowest BCUT2D eigenvalue weighted by Crippen LogP contribution is -2.49. The summed E-state index contributed by atoms with van der Waals surface area (Å²) in [6.07, 6.45) is 1.79. The molecule has 16 heavy (non-hydrogen) atoms. The summed E-state index contributed by atoms with van der Waals surface area (Å²) in [6.45, 7) is 3.39. The van der Waals surface area contributed by atoms with E-state index in [1.54, 1.807) is 0 Å². The van der Waals surface area contributed by atoms with E-state index in [-0.39, 0.29) is 5.91 Å². The van der Waals surface area contributed by atoms with Crippen molar-refractivity contribution in [1.29, 1.82) is 0 Å². The zero-order valence-corrected chi connectivity index (χ0v) is 9.50. The highest BCUT2D eigenvalue weighted by Crippen LogP contribution is 2.19. The van der Waals surface area contributed by atoms with Gasteiger partial charge < -0.3 is 20.5 Å². The molecule has 3 N–H and O–H groups in total. The van der Waals surface area contributed by atoms with Crippen LogP contribution >= 0.6 is 0 Å². The second-order valence-corrected chi connectivity index (χ2v) is 4.84. The van der Waals surface area contributed by atoms with Crippen LogP contribution in [-0.4, -0.2) is 49.5 Å². The van der Waals surface area contributed by atoms with E-state index in [2.05, 4.69) is 10.6 Å². The Bertz CT molecular complexity index is 248. The maximum Gasteiger partial charge on any atom is 0.220 e. The lowest BCUT2D eigenvalue weighted by Gasteiger charge is -2.32. The molecular formula is C11H20N2O3. The Morgan fingerprint density at radius 3 is 2.69 bits per heavy atom. The fourth-order valence-electron chi connectivity index (χ4n) is 2.02. The summed E-state index contributed by atoms with van der Waals surface area (Å²) in [5, 5.41) is 16.1. The molecular weight excluding hydrogens is 208 g/mol. The summed E-state index contributed by atoms with van der Waals surface area (Å²) < 4.78 is 5.18. The standard InChI is InChI=1S/C11H20N2O3/c14-10(5-9-6-12-7-9)13-8-11(15)1-3-16-4-2-11/h9,12,15H,1-8H2,(H,13,14). The number of ether oxygens (including phenoxy) is 1. The molecule has 0 aromatic heterocycles. The first-order chi connectivity index (χ1) is 7.68. The molecule has 0 atom stereocenters. The molecule has 0 unspecified atom stereocenters. The minimum absolute atomic E-state index is 0.0476. The largest absolute Gasteiger partial charge is 0.388 e. The van der Waals surface area contributed by atoms with Crippen molar-refractivity contribution in [3.63, 3.8) is 0 Å². The van der Waals surface area contributed by atoms with Crippen LogP contribution in [0.25, 0.3) is 0 Å². The van der Waals surface area contributed by atoms with Crippen LogP contribution in [0.1, 0.15) is 19.3 Å². The quantitative estimate of drug-likeness (QED) is 0.592. The predicted molar refractivity (Wildman–Crippen MR) is 59.0 cm³/mol. The number of hydrogen-bond donors (Lipinski definition) is 3. The molecule has 92 valence electrons. The molecule has 0 aromatic rings. The number of rotatable bonds is 4. The van der Waals surface area contributed by atoms with Gasteiger partial charge in [-0.1, -0.05) is 0 Å². The molecule has 0 spiro atoms. The van der Waals surface area contributed by atoms with E-state index >= 15 is 0 Å². The number of aliphatic hydroxyl groups is 1. The number of amides is 1. The first-order valence-electron chi connectivity index (χ1n) is 5.95. The van der Waals surface area contributed by atoms with Gasteiger partial charge in [0.25, 0.3) is 0 Å². The molecule has 2 heterocycles. The van der Waals surface area contributed by atoms with Crippen molar-refractivity contribution in [3.05, 3.63) is 0 Å². The molecule has 0 aliphatic carbocycles. The first-order valence-corrected chi connectivity index (χ1v) is 5.95. The molecule has 0 aromatic carbocycles. The van der Waals surface area contributed by atoms with E-state index < -0.39 is 5.60 Å². The second kappa shape index (κ2) is 5.12. The average Bonchev–Trinajstić information content (AvgIpc) is 2.22. The molecule has 1 amide bonds. The highest BCUT2D eigenvalue weighted by atomic mass is 16.5. The van der Waals surface area contributed by atoms with Gasteiger partial charge in [-0.2, -0.15) is 0 Å². The van der Waals surface area contributed by atoms with Crippen molar-refractivity contribution in [2.45, 2.75) is 24.9 Å². The lowest BCUT2D eigenvalue weighted by atomic mass is 9.94. The number of carbonyl (C=O) groups excluding carboxylic acids is 1. The van der Waals surface area contributed by atoms with Crippen molar-refractivity contribution in [2.75, 3.05) is 32.8 Å². The van der Waals surface area contributed by atoms with Gasteiger partial charge in [0.2, 0.25) is 5.91 Å². The van der Waals surface area contributed by atoms with Crippen LogP contribution in [0.5, 0.6) is 0 Å². The summed E-state index contributed by atoms with van der Waals surface area (Å²) in [6, 6.07) is 0. The fraction of sp³-hybridized carbons (Fsp3) is 0.909. The Morgan fingerprint density at radius 1 is 1.44 bits per heavy atom. The minimum Gasteiger partial charge on any atom is -0.388 e. The van der Waals surface area contributed by atoms with E-state index in [0.717, 1.165) is 13.1 Å². The van der Waals surface area contributed by atoms with Crippen LogP contribution in [0, 0.1) is 5.92 Å². The van der Waals surface area contributed by atoms with Gasteiger partial charge in [0.1, 0.15) is 0 Å². The van der Waals surface area contributed by atoms with Crippen LogP contribution in [0.2, 0.25) is 0 Å². The van der Waals surface area contributed by atoms with E-state index in [9.17, 15) is 9.90 Å². The number of hydrogen-bond acceptors (Lipinski definition) is 4. The van der Waals surface area contributed by atoms with E-state index in [0.29, 0.717) is 44.9 Å². The third-order valence-electron chi connectivity index (χ3n) is 3.38. The Morgan fingerprint density at radius 2 is 2.12 bits per heavy atom. The van der Waals surface area contributed by atoms with Gasteiger partial charge in [-0.15, -0.1) is 0 Å². The predicted octanol–water partition coefficient (Wildman–Crippen LogP) is -0.746. The van der Waals surface area contributed by atoms with Gasteiger partial charge in [0.15, 0.2) is 0 Å². The summed E-state index contributed by atoms with van der Waals surface area (Å²) in [5.41, 5.74) is -0.758. The van der Waals surface area contributed by atoms with Gasteiger partial charge in [-0.3, -0.25) is 4.79 Å². The molecule has 0 bridgehead atoms. The minimum atomic E-state index is -0.758. The maximum absolute atomic E-state index is 11.5. The summed E-state index contributed by atoms with van der Waals surface area (Å²) in [4.78, 5) is 11.5. The number of nitrogens with one attached hydrogen (secondary N) is 2. The molecule has 5 heteroatoms. The monoisotopic (exact) mass is 228 g/mol. The molecule has 0 radical (unpaired) electrons. The van der Waals surface area contributed by atoms with Gasteiger partial charge in [0, 0.05) is 39.0 Å². The van der Waals surface area contributed by atoms with Gasteiger partial charge in [-0.25, -0.2) is 0 Å².